The fourth-order valence-corrected chi connectivity index (χ4v) is 7.17. The molecule has 0 aromatic heterocycles. The van der Waals surface area contributed by atoms with Gasteiger partial charge < -0.3 is 24.4 Å². The lowest BCUT2D eigenvalue weighted by molar-refractivity contribution is -0.163. The second kappa shape index (κ2) is 10.9. The normalized spacial score (nSPS) is 32.6. The molecule has 0 aliphatic carbocycles. The third-order valence-electron chi connectivity index (χ3n) is 9.06. The smallest absolute Gasteiger partial charge is 0.313 e. The van der Waals surface area contributed by atoms with Crippen molar-refractivity contribution in [1.29, 1.82) is 0 Å². The summed E-state index contributed by atoms with van der Waals surface area (Å²) in [5.41, 5.74) is -0.855. The minimum Gasteiger partial charge on any atom is -0.465 e. The maximum atomic E-state index is 14.7. The minimum atomic E-state index is -1.41. The van der Waals surface area contributed by atoms with Gasteiger partial charge in [-0.05, 0) is 30.4 Å². The molecule has 2 saturated heterocycles. The van der Waals surface area contributed by atoms with Crippen LogP contribution < -0.4 is 0 Å². The molecule has 6 atom stereocenters. The molecule has 2 fully saturated rings. The van der Waals surface area contributed by atoms with Crippen LogP contribution in [0.25, 0.3) is 0 Å². The van der Waals surface area contributed by atoms with Gasteiger partial charge in [-0.2, -0.15) is 0 Å². The number of aliphatic hydroxyl groups excluding tert-OH is 1. The molecule has 8 heteroatoms. The standard InChI is InChI=1S/C33H36N2O6/c1-2-32-17-10-5-11-20-40-31(39)27(32)26-29(37)35(25(22-36)24-15-8-4-9-16-24)28-30(38)34(19-12-18-33(26,28)41-32)21-23-13-6-3-7-14-23/h3-4,6-10,12-18,25-28,36H,2,5,11,19-22H2,1H3/b17-10-/t25-,26+,27-,28?,32+,33+/m1/s1. The Balaban J connectivity index is 1.51. The molecule has 1 N–H and O–H groups in total. The molecular formula is C33H36N2O6. The number of aliphatic hydroxyl groups is 1. The second-order valence-corrected chi connectivity index (χ2v) is 11.3. The van der Waals surface area contributed by atoms with Crippen molar-refractivity contribution < 1.29 is 29.0 Å². The fourth-order valence-electron chi connectivity index (χ4n) is 7.17. The summed E-state index contributed by atoms with van der Waals surface area (Å²) in [5.74, 6) is -3.07. The molecular weight excluding hydrogens is 520 g/mol. The highest BCUT2D eigenvalue weighted by Gasteiger charge is 2.76. The molecule has 1 spiro atoms. The first-order chi connectivity index (χ1) is 20.0. The Bertz CT molecular complexity index is 1360. The van der Waals surface area contributed by atoms with Gasteiger partial charge in [0.05, 0.1) is 25.2 Å². The average Bonchev–Trinajstić information content (AvgIpc) is 3.38. The third-order valence-corrected chi connectivity index (χ3v) is 9.06. The van der Waals surface area contributed by atoms with E-state index in [1.165, 1.54) is 4.90 Å². The van der Waals surface area contributed by atoms with E-state index in [4.69, 9.17) is 9.47 Å². The van der Waals surface area contributed by atoms with Gasteiger partial charge in [0.1, 0.15) is 23.2 Å². The van der Waals surface area contributed by atoms with E-state index < -0.39 is 47.7 Å². The topological polar surface area (TPSA) is 96.4 Å². The second-order valence-electron chi connectivity index (χ2n) is 11.3. The number of likely N-dealkylation sites (tertiary alicyclic amines) is 1. The van der Waals surface area contributed by atoms with Crippen LogP contribution in [0, 0.1) is 11.8 Å². The summed E-state index contributed by atoms with van der Waals surface area (Å²) in [5, 5.41) is 10.7. The van der Waals surface area contributed by atoms with Crippen LogP contribution in [0.15, 0.2) is 85.0 Å². The van der Waals surface area contributed by atoms with Gasteiger partial charge in [-0.25, -0.2) is 0 Å². The monoisotopic (exact) mass is 556 g/mol. The molecule has 4 aliphatic rings. The molecule has 2 aromatic carbocycles. The number of hydrogen-bond donors (Lipinski definition) is 1. The molecule has 214 valence electrons. The zero-order chi connectivity index (χ0) is 28.6. The Kier molecular flexibility index (Phi) is 7.30. The lowest BCUT2D eigenvalue weighted by Crippen LogP contribution is -2.56. The lowest BCUT2D eigenvalue weighted by Gasteiger charge is -2.41. The van der Waals surface area contributed by atoms with Crippen LogP contribution in [0.4, 0.5) is 0 Å². The number of hydrogen-bond acceptors (Lipinski definition) is 6. The molecule has 2 amide bonds. The van der Waals surface area contributed by atoms with E-state index in [-0.39, 0.29) is 18.4 Å². The summed E-state index contributed by atoms with van der Waals surface area (Å²) >= 11 is 0. The first kappa shape index (κ1) is 27.4. The number of rotatable bonds is 6. The number of nitrogens with zero attached hydrogens (tertiary/aromatic N) is 2. The Morgan fingerprint density at radius 1 is 0.951 bits per heavy atom. The number of cyclic esters (lactones) is 1. The largest absolute Gasteiger partial charge is 0.465 e. The summed E-state index contributed by atoms with van der Waals surface area (Å²) in [6, 6.07) is 17.0. The Hall–Kier alpha value is -3.75. The van der Waals surface area contributed by atoms with Crippen molar-refractivity contribution in [3.8, 4) is 0 Å². The van der Waals surface area contributed by atoms with E-state index in [2.05, 4.69) is 0 Å². The van der Waals surface area contributed by atoms with Crippen molar-refractivity contribution in [1.82, 2.24) is 9.80 Å². The van der Waals surface area contributed by atoms with Gasteiger partial charge in [-0.15, -0.1) is 0 Å². The molecule has 6 rings (SSSR count). The van der Waals surface area contributed by atoms with Crippen LogP contribution in [0.5, 0.6) is 0 Å². The molecule has 0 radical (unpaired) electrons. The number of fused-ring (bicyclic) bond motifs is 2. The molecule has 2 aromatic rings. The van der Waals surface area contributed by atoms with Crippen molar-refractivity contribution in [2.75, 3.05) is 19.8 Å². The van der Waals surface area contributed by atoms with E-state index in [9.17, 15) is 19.5 Å². The molecule has 0 saturated carbocycles. The van der Waals surface area contributed by atoms with Crippen LogP contribution in [-0.2, 0) is 30.4 Å². The van der Waals surface area contributed by atoms with Crippen LogP contribution >= 0.6 is 0 Å². The molecule has 4 aliphatic heterocycles. The van der Waals surface area contributed by atoms with Gasteiger partial charge in [0.15, 0.2) is 0 Å². The van der Waals surface area contributed by atoms with Crippen LogP contribution in [0.1, 0.15) is 43.4 Å². The van der Waals surface area contributed by atoms with Gasteiger partial charge >= 0.3 is 5.97 Å². The van der Waals surface area contributed by atoms with Gasteiger partial charge in [-0.3, -0.25) is 14.4 Å². The number of benzene rings is 2. The highest BCUT2D eigenvalue weighted by molar-refractivity contribution is 5.99. The SMILES string of the molecule is CC[C@]12/C=C\CCCOC(=O)[C@H]1[C@H]1C(=O)N([C@H](CO)c3ccccc3)C3C(=O)N(Cc4ccccc4)CC=C[C@@]31O2. The van der Waals surface area contributed by atoms with E-state index in [1.54, 1.807) is 4.90 Å². The highest BCUT2D eigenvalue weighted by atomic mass is 16.6. The van der Waals surface area contributed by atoms with Crippen LogP contribution in [-0.4, -0.2) is 69.7 Å². The third kappa shape index (κ3) is 4.41. The Labute approximate surface area is 240 Å². The van der Waals surface area contributed by atoms with Gasteiger partial charge in [0, 0.05) is 13.1 Å². The summed E-state index contributed by atoms with van der Waals surface area (Å²) in [4.78, 5) is 46.3. The summed E-state index contributed by atoms with van der Waals surface area (Å²) in [7, 11) is 0. The summed E-state index contributed by atoms with van der Waals surface area (Å²) < 4.78 is 12.7. The Morgan fingerprint density at radius 2 is 1.68 bits per heavy atom. The minimum absolute atomic E-state index is 0.253. The molecule has 4 heterocycles. The van der Waals surface area contributed by atoms with Crippen molar-refractivity contribution in [3.63, 3.8) is 0 Å². The number of carbonyl (C=O) groups is 3. The van der Waals surface area contributed by atoms with Crippen LogP contribution in [0.3, 0.4) is 0 Å². The fraction of sp³-hybridized carbons (Fsp3) is 0.424. The molecule has 1 unspecified atom stereocenters. The predicted octanol–water partition coefficient (Wildman–Crippen LogP) is 3.57. The average molecular weight is 557 g/mol. The summed E-state index contributed by atoms with van der Waals surface area (Å²) in [6.45, 7) is 2.47. The first-order valence-electron chi connectivity index (χ1n) is 14.5. The van der Waals surface area contributed by atoms with Crippen molar-refractivity contribution in [2.24, 2.45) is 11.8 Å². The van der Waals surface area contributed by atoms with E-state index in [1.807, 2.05) is 91.9 Å². The highest BCUT2D eigenvalue weighted by Crippen LogP contribution is 2.59. The number of allylic oxidation sites excluding steroid dienone is 1. The van der Waals surface area contributed by atoms with E-state index in [0.717, 1.165) is 5.56 Å². The predicted molar refractivity (Wildman–Crippen MR) is 151 cm³/mol. The zero-order valence-electron chi connectivity index (χ0n) is 23.2. The Morgan fingerprint density at radius 3 is 2.39 bits per heavy atom. The van der Waals surface area contributed by atoms with Gasteiger partial charge in [-0.1, -0.05) is 91.9 Å². The van der Waals surface area contributed by atoms with Gasteiger partial charge in [0.25, 0.3) is 0 Å². The van der Waals surface area contributed by atoms with Crippen molar-refractivity contribution >= 4 is 17.8 Å². The number of esters is 1. The maximum absolute atomic E-state index is 14.7. The first-order valence-corrected chi connectivity index (χ1v) is 14.5. The number of carbonyl (C=O) groups excluding carboxylic acids is 3. The quantitative estimate of drug-likeness (QED) is 0.432. The maximum Gasteiger partial charge on any atom is 0.313 e. The lowest BCUT2D eigenvalue weighted by atomic mass is 9.73. The number of ether oxygens (including phenoxy) is 2. The number of amides is 2. The zero-order valence-corrected chi connectivity index (χ0v) is 23.2. The summed E-state index contributed by atoms with van der Waals surface area (Å²) in [6.07, 6.45) is 9.45. The molecule has 8 nitrogen and oxygen atoms in total. The van der Waals surface area contributed by atoms with Crippen molar-refractivity contribution in [2.45, 2.75) is 56.0 Å². The van der Waals surface area contributed by atoms with E-state index >= 15 is 0 Å². The van der Waals surface area contributed by atoms with E-state index in [0.29, 0.717) is 37.9 Å². The van der Waals surface area contributed by atoms with Crippen molar-refractivity contribution in [3.05, 3.63) is 96.1 Å². The molecule has 0 bridgehead atoms. The van der Waals surface area contributed by atoms with Gasteiger partial charge in [0.2, 0.25) is 11.8 Å². The molecule has 41 heavy (non-hydrogen) atoms. The van der Waals surface area contributed by atoms with Crippen LogP contribution in [0.2, 0.25) is 0 Å².